The number of nitrogens with zero attached hydrogens (tertiary/aromatic N) is 2. The molecule has 6 heteroatoms. The van der Waals surface area contributed by atoms with E-state index in [0.29, 0.717) is 12.2 Å². The standard InChI is InChI=1S/C20H23N3O3/c1-14-10-16(13-21-12-14)22-19(24)20(25)23-9-4-3-8-18(23)15-6-5-7-17(11-15)26-2/h5-7,10-13,18H,3-4,8-9H2,1-2H3,(H,22,24)/t18-/m0/s1. The van der Waals surface area contributed by atoms with Gasteiger partial charge in [0.25, 0.3) is 0 Å². The number of hydrogen-bond donors (Lipinski definition) is 1. The fraction of sp³-hybridized carbons (Fsp3) is 0.350. The number of aromatic nitrogens is 1. The molecule has 26 heavy (non-hydrogen) atoms. The van der Waals surface area contributed by atoms with Gasteiger partial charge in [0.15, 0.2) is 0 Å². The largest absolute Gasteiger partial charge is 0.497 e. The number of benzene rings is 1. The lowest BCUT2D eigenvalue weighted by atomic mass is 9.95. The lowest BCUT2D eigenvalue weighted by Crippen LogP contribution is -2.44. The van der Waals surface area contributed by atoms with Crippen molar-refractivity contribution in [2.24, 2.45) is 0 Å². The summed E-state index contributed by atoms with van der Waals surface area (Å²) in [6, 6.07) is 9.35. The minimum atomic E-state index is -0.632. The zero-order chi connectivity index (χ0) is 18.5. The number of likely N-dealkylation sites (tertiary alicyclic amines) is 1. The number of nitrogens with one attached hydrogen (secondary N) is 1. The van der Waals surface area contributed by atoms with Crippen LogP contribution in [-0.2, 0) is 9.59 Å². The maximum Gasteiger partial charge on any atom is 0.313 e. The Morgan fingerprint density at radius 3 is 2.85 bits per heavy atom. The minimum absolute atomic E-state index is 0.118. The number of piperidine rings is 1. The summed E-state index contributed by atoms with van der Waals surface area (Å²) < 4.78 is 5.29. The van der Waals surface area contributed by atoms with E-state index in [0.717, 1.165) is 36.1 Å². The number of aryl methyl sites for hydroxylation is 1. The van der Waals surface area contributed by atoms with Gasteiger partial charge in [-0.1, -0.05) is 12.1 Å². The van der Waals surface area contributed by atoms with E-state index in [1.54, 1.807) is 24.3 Å². The first-order chi connectivity index (χ1) is 12.6. The van der Waals surface area contributed by atoms with Gasteiger partial charge in [-0.05, 0) is 55.5 Å². The van der Waals surface area contributed by atoms with Crippen LogP contribution in [0, 0.1) is 6.92 Å². The third-order valence-electron chi connectivity index (χ3n) is 4.57. The molecule has 1 aliphatic rings. The Morgan fingerprint density at radius 2 is 2.08 bits per heavy atom. The number of amides is 2. The molecule has 0 radical (unpaired) electrons. The number of hydrogen-bond acceptors (Lipinski definition) is 4. The Bertz CT molecular complexity index is 806. The predicted molar refractivity (Wildman–Crippen MR) is 98.9 cm³/mol. The number of pyridine rings is 1. The van der Waals surface area contributed by atoms with E-state index in [2.05, 4.69) is 10.3 Å². The van der Waals surface area contributed by atoms with Crippen molar-refractivity contribution in [3.8, 4) is 5.75 Å². The molecule has 0 bridgehead atoms. The van der Waals surface area contributed by atoms with Crippen molar-refractivity contribution in [3.05, 3.63) is 53.9 Å². The Hall–Kier alpha value is -2.89. The van der Waals surface area contributed by atoms with Crippen LogP contribution in [0.5, 0.6) is 5.75 Å². The summed E-state index contributed by atoms with van der Waals surface area (Å²) in [5.74, 6) is -0.401. The monoisotopic (exact) mass is 353 g/mol. The van der Waals surface area contributed by atoms with Gasteiger partial charge in [-0.25, -0.2) is 0 Å². The molecular formula is C20H23N3O3. The van der Waals surface area contributed by atoms with Crippen molar-refractivity contribution in [1.29, 1.82) is 0 Å². The molecule has 1 atom stereocenters. The summed E-state index contributed by atoms with van der Waals surface area (Å²) in [6.07, 6.45) is 5.98. The first kappa shape index (κ1) is 17.9. The molecule has 1 N–H and O–H groups in total. The van der Waals surface area contributed by atoms with E-state index < -0.39 is 11.8 Å². The van der Waals surface area contributed by atoms with Crippen molar-refractivity contribution in [1.82, 2.24) is 9.88 Å². The molecule has 2 aromatic rings. The number of carbonyl (C=O) groups excluding carboxylic acids is 2. The molecule has 1 fully saturated rings. The maximum absolute atomic E-state index is 12.8. The average molecular weight is 353 g/mol. The highest BCUT2D eigenvalue weighted by atomic mass is 16.5. The van der Waals surface area contributed by atoms with Crippen molar-refractivity contribution in [3.63, 3.8) is 0 Å². The van der Waals surface area contributed by atoms with Crippen LogP contribution < -0.4 is 10.1 Å². The van der Waals surface area contributed by atoms with E-state index in [4.69, 9.17) is 4.74 Å². The summed E-state index contributed by atoms with van der Waals surface area (Å²) in [6.45, 7) is 2.45. The molecule has 0 aliphatic carbocycles. The second-order valence-electron chi connectivity index (χ2n) is 6.49. The molecule has 1 aliphatic heterocycles. The Kier molecular flexibility index (Phi) is 5.51. The van der Waals surface area contributed by atoms with Crippen LogP contribution in [-0.4, -0.2) is 35.4 Å². The van der Waals surface area contributed by atoms with Crippen LogP contribution >= 0.6 is 0 Å². The second kappa shape index (κ2) is 7.99. The first-order valence-electron chi connectivity index (χ1n) is 8.76. The Morgan fingerprint density at radius 1 is 1.23 bits per heavy atom. The van der Waals surface area contributed by atoms with Gasteiger partial charge in [0.1, 0.15) is 5.75 Å². The highest BCUT2D eigenvalue weighted by Crippen LogP contribution is 2.32. The van der Waals surface area contributed by atoms with Crippen molar-refractivity contribution >= 4 is 17.5 Å². The van der Waals surface area contributed by atoms with Gasteiger partial charge in [-0.15, -0.1) is 0 Å². The maximum atomic E-state index is 12.8. The smallest absolute Gasteiger partial charge is 0.313 e. The summed E-state index contributed by atoms with van der Waals surface area (Å²) in [5.41, 5.74) is 2.43. The number of carbonyl (C=O) groups is 2. The quantitative estimate of drug-likeness (QED) is 0.861. The molecule has 0 spiro atoms. The number of methoxy groups -OCH3 is 1. The van der Waals surface area contributed by atoms with E-state index in [1.165, 1.54) is 6.20 Å². The fourth-order valence-electron chi connectivity index (χ4n) is 3.31. The molecule has 0 unspecified atom stereocenters. The van der Waals surface area contributed by atoms with Gasteiger partial charge in [-0.2, -0.15) is 0 Å². The summed E-state index contributed by atoms with van der Waals surface area (Å²) in [7, 11) is 1.62. The lowest BCUT2D eigenvalue weighted by molar-refractivity contribution is -0.145. The molecule has 1 saturated heterocycles. The SMILES string of the molecule is COc1cccc([C@@H]2CCCCN2C(=O)C(=O)Nc2cncc(C)c2)c1. The minimum Gasteiger partial charge on any atom is -0.497 e. The molecule has 3 rings (SSSR count). The van der Waals surface area contributed by atoms with E-state index in [-0.39, 0.29) is 6.04 Å². The Labute approximate surface area is 153 Å². The van der Waals surface area contributed by atoms with Crippen molar-refractivity contribution in [2.75, 3.05) is 19.0 Å². The van der Waals surface area contributed by atoms with Crippen LogP contribution in [0.15, 0.2) is 42.7 Å². The first-order valence-corrected chi connectivity index (χ1v) is 8.76. The van der Waals surface area contributed by atoms with Crippen LogP contribution in [0.3, 0.4) is 0 Å². The second-order valence-corrected chi connectivity index (χ2v) is 6.49. The van der Waals surface area contributed by atoms with Crippen LogP contribution in [0.4, 0.5) is 5.69 Å². The third kappa shape index (κ3) is 4.02. The number of anilines is 1. The van der Waals surface area contributed by atoms with Gasteiger partial charge in [0.05, 0.1) is 25.0 Å². The van der Waals surface area contributed by atoms with E-state index >= 15 is 0 Å². The topological polar surface area (TPSA) is 71.5 Å². The summed E-state index contributed by atoms with van der Waals surface area (Å²) >= 11 is 0. The molecule has 6 nitrogen and oxygen atoms in total. The van der Waals surface area contributed by atoms with Gasteiger partial charge in [-0.3, -0.25) is 14.6 Å². The van der Waals surface area contributed by atoms with Gasteiger partial charge in [0, 0.05) is 12.7 Å². The summed E-state index contributed by atoms with van der Waals surface area (Å²) in [4.78, 5) is 31.0. The highest BCUT2D eigenvalue weighted by Gasteiger charge is 2.32. The number of rotatable bonds is 3. The molecule has 2 amide bonds. The predicted octanol–water partition coefficient (Wildman–Crippen LogP) is 3.09. The molecule has 2 heterocycles. The zero-order valence-corrected chi connectivity index (χ0v) is 15.1. The molecule has 1 aromatic carbocycles. The molecule has 0 saturated carbocycles. The van der Waals surface area contributed by atoms with Gasteiger partial charge < -0.3 is 15.0 Å². The van der Waals surface area contributed by atoms with Crippen molar-refractivity contribution < 1.29 is 14.3 Å². The average Bonchev–Trinajstić information content (AvgIpc) is 2.67. The normalized spacial score (nSPS) is 16.8. The number of ether oxygens (including phenoxy) is 1. The molecule has 136 valence electrons. The van der Waals surface area contributed by atoms with E-state index in [9.17, 15) is 9.59 Å². The highest BCUT2D eigenvalue weighted by molar-refractivity contribution is 6.39. The van der Waals surface area contributed by atoms with Crippen LogP contribution in [0.25, 0.3) is 0 Å². The van der Waals surface area contributed by atoms with E-state index in [1.807, 2.05) is 31.2 Å². The zero-order valence-electron chi connectivity index (χ0n) is 15.1. The third-order valence-corrected chi connectivity index (χ3v) is 4.57. The fourth-order valence-corrected chi connectivity index (χ4v) is 3.31. The summed E-state index contributed by atoms with van der Waals surface area (Å²) in [5, 5.41) is 2.66. The Balaban J connectivity index is 1.78. The van der Waals surface area contributed by atoms with Gasteiger partial charge >= 0.3 is 11.8 Å². The molecular weight excluding hydrogens is 330 g/mol. The van der Waals surface area contributed by atoms with Crippen molar-refractivity contribution in [2.45, 2.75) is 32.2 Å². The lowest BCUT2D eigenvalue weighted by Gasteiger charge is -2.35. The molecule has 1 aromatic heterocycles. The van der Waals surface area contributed by atoms with Gasteiger partial charge in [0.2, 0.25) is 0 Å². The van der Waals surface area contributed by atoms with Crippen LogP contribution in [0.1, 0.15) is 36.4 Å². The van der Waals surface area contributed by atoms with Crippen LogP contribution in [0.2, 0.25) is 0 Å².